The van der Waals surface area contributed by atoms with E-state index < -0.39 is 6.04 Å². The minimum Gasteiger partial charge on any atom is -0.497 e. The molecule has 1 saturated heterocycles. The van der Waals surface area contributed by atoms with E-state index in [9.17, 15) is 14.4 Å². The highest BCUT2D eigenvalue weighted by Gasteiger charge is 2.44. The van der Waals surface area contributed by atoms with Crippen molar-refractivity contribution >= 4 is 17.7 Å². The smallest absolute Gasteiger partial charge is 0.249 e. The number of hydrogen-bond acceptors (Lipinski definition) is 4. The first-order valence-corrected chi connectivity index (χ1v) is 7.86. The maximum absolute atomic E-state index is 12.6. The van der Waals surface area contributed by atoms with E-state index in [0.717, 1.165) is 24.2 Å². The molecule has 1 aliphatic heterocycles. The zero-order valence-electron chi connectivity index (χ0n) is 13.1. The van der Waals surface area contributed by atoms with Gasteiger partial charge in [-0.25, -0.2) is 0 Å². The lowest BCUT2D eigenvalue weighted by Crippen LogP contribution is -2.46. The Morgan fingerprint density at radius 2 is 1.96 bits per heavy atom. The van der Waals surface area contributed by atoms with E-state index >= 15 is 0 Å². The molecule has 6 nitrogen and oxygen atoms in total. The summed E-state index contributed by atoms with van der Waals surface area (Å²) in [6.45, 7) is 0. The average molecular weight is 316 g/mol. The van der Waals surface area contributed by atoms with E-state index in [4.69, 9.17) is 4.74 Å². The van der Waals surface area contributed by atoms with Crippen molar-refractivity contribution in [2.75, 3.05) is 7.11 Å². The highest BCUT2D eigenvalue weighted by atomic mass is 16.5. The van der Waals surface area contributed by atoms with Gasteiger partial charge in [-0.2, -0.15) is 0 Å². The Bertz CT molecular complexity index is 622. The van der Waals surface area contributed by atoms with Crippen LogP contribution in [0, 0.1) is 0 Å². The lowest BCUT2D eigenvalue weighted by atomic mass is 10.1. The third-order valence-electron chi connectivity index (χ3n) is 4.29. The van der Waals surface area contributed by atoms with Crippen molar-refractivity contribution in [1.29, 1.82) is 0 Å². The van der Waals surface area contributed by atoms with Crippen LogP contribution in [0.4, 0.5) is 0 Å². The monoisotopic (exact) mass is 316 g/mol. The molecule has 6 heteroatoms. The highest BCUT2D eigenvalue weighted by Crippen LogP contribution is 2.31. The Morgan fingerprint density at radius 3 is 2.48 bits per heavy atom. The van der Waals surface area contributed by atoms with Gasteiger partial charge in [-0.05, 0) is 37.0 Å². The number of nitrogens with one attached hydrogen (secondary N) is 1. The Balaban J connectivity index is 1.62. The zero-order chi connectivity index (χ0) is 16.4. The fourth-order valence-electron chi connectivity index (χ4n) is 2.92. The highest BCUT2D eigenvalue weighted by molar-refractivity contribution is 6.06. The van der Waals surface area contributed by atoms with Gasteiger partial charge in [0.15, 0.2) is 0 Å². The van der Waals surface area contributed by atoms with Gasteiger partial charge < -0.3 is 9.64 Å². The van der Waals surface area contributed by atoms with Gasteiger partial charge in [0, 0.05) is 12.5 Å². The first-order valence-electron chi connectivity index (χ1n) is 7.86. The molecule has 2 aliphatic rings. The molecule has 0 radical (unpaired) electrons. The van der Waals surface area contributed by atoms with E-state index in [2.05, 4.69) is 5.32 Å². The number of aryl methyl sites for hydroxylation is 1. The standard InChI is InChI=1S/C17H20N2O4/c1-23-13-7-2-11(3-8-13)4-9-16(21)19(12-5-6-12)14-10-15(20)18-17(14)22/h2-3,7-8,12,14H,4-6,9-10H2,1H3,(H,18,20,22)/t14-/m0/s1. The van der Waals surface area contributed by atoms with Crippen molar-refractivity contribution in [3.05, 3.63) is 29.8 Å². The summed E-state index contributed by atoms with van der Waals surface area (Å²) in [5.74, 6) is 0.0762. The van der Waals surface area contributed by atoms with Crippen molar-refractivity contribution in [1.82, 2.24) is 10.2 Å². The predicted octanol–water partition coefficient (Wildman–Crippen LogP) is 1.03. The summed E-state index contributed by atoms with van der Waals surface area (Å²) >= 11 is 0. The van der Waals surface area contributed by atoms with E-state index in [-0.39, 0.29) is 30.2 Å². The maximum atomic E-state index is 12.6. The molecular formula is C17H20N2O4. The van der Waals surface area contributed by atoms with Gasteiger partial charge in [-0.3, -0.25) is 19.7 Å². The van der Waals surface area contributed by atoms with Crippen LogP contribution in [-0.2, 0) is 20.8 Å². The molecule has 23 heavy (non-hydrogen) atoms. The van der Waals surface area contributed by atoms with Crippen molar-refractivity contribution in [3.63, 3.8) is 0 Å². The number of nitrogens with zero attached hydrogens (tertiary/aromatic N) is 1. The first-order chi connectivity index (χ1) is 11.1. The number of imide groups is 1. The van der Waals surface area contributed by atoms with Gasteiger partial charge in [0.2, 0.25) is 17.7 Å². The van der Waals surface area contributed by atoms with Gasteiger partial charge in [-0.15, -0.1) is 0 Å². The summed E-state index contributed by atoms with van der Waals surface area (Å²) in [5.41, 5.74) is 1.04. The zero-order valence-corrected chi connectivity index (χ0v) is 13.1. The summed E-state index contributed by atoms with van der Waals surface area (Å²) in [5, 5.41) is 2.29. The molecule has 3 rings (SSSR count). The van der Waals surface area contributed by atoms with Crippen molar-refractivity contribution in [3.8, 4) is 5.75 Å². The van der Waals surface area contributed by atoms with Crippen LogP contribution >= 0.6 is 0 Å². The number of carbonyl (C=O) groups excluding carboxylic acids is 3. The second-order valence-electron chi connectivity index (χ2n) is 6.01. The summed E-state index contributed by atoms with van der Waals surface area (Å²) in [7, 11) is 1.61. The molecule has 1 saturated carbocycles. The maximum Gasteiger partial charge on any atom is 0.249 e. The summed E-state index contributed by atoms with van der Waals surface area (Å²) < 4.78 is 5.11. The second kappa shape index (κ2) is 6.40. The van der Waals surface area contributed by atoms with Gasteiger partial charge in [0.25, 0.3) is 0 Å². The molecule has 1 atom stereocenters. The molecule has 0 bridgehead atoms. The molecular weight excluding hydrogens is 296 g/mol. The van der Waals surface area contributed by atoms with Crippen LogP contribution in [-0.4, -0.2) is 41.8 Å². The van der Waals surface area contributed by atoms with Crippen LogP contribution in [0.3, 0.4) is 0 Å². The number of rotatable bonds is 6. The van der Waals surface area contributed by atoms with Gasteiger partial charge in [0.05, 0.1) is 13.5 Å². The van der Waals surface area contributed by atoms with Crippen LogP contribution < -0.4 is 10.1 Å². The van der Waals surface area contributed by atoms with E-state index in [1.807, 2.05) is 24.3 Å². The Labute approximate surface area is 134 Å². The van der Waals surface area contributed by atoms with E-state index in [0.29, 0.717) is 12.8 Å². The summed E-state index contributed by atoms with van der Waals surface area (Å²) in [6, 6.07) is 7.07. The SMILES string of the molecule is COc1ccc(CCC(=O)N(C2CC2)[C@H]2CC(=O)NC2=O)cc1. The van der Waals surface area contributed by atoms with Gasteiger partial charge in [0.1, 0.15) is 11.8 Å². The molecule has 2 fully saturated rings. The largest absolute Gasteiger partial charge is 0.497 e. The average Bonchev–Trinajstić information content (AvgIpc) is 3.31. The molecule has 3 amide bonds. The summed E-state index contributed by atoms with van der Waals surface area (Å²) in [6.07, 6.45) is 2.84. The van der Waals surface area contributed by atoms with Crippen LogP contribution in [0.15, 0.2) is 24.3 Å². The molecule has 1 aliphatic carbocycles. The predicted molar refractivity (Wildman–Crippen MR) is 82.7 cm³/mol. The number of ether oxygens (including phenoxy) is 1. The molecule has 0 aromatic heterocycles. The number of hydrogen-bond donors (Lipinski definition) is 1. The normalized spacial score (nSPS) is 20.3. The fourth-order valence-corrected chi connectivity index (χ4v) is 2.92. The number of amides is 3. The van der Waals surface area contributed by atoms with Crippen molar-refractivity contribution < 1.29 is 19.1 Å². The second-order valence-corrected chi connectivity index (χ2v) is 6.01. The van der Waals surface area contributed by atoms with Crippen molar-refractivity contribution in [2.24, 2.45) is 0 Å². The fraction of sp³-hybridized carbons (Fsp3) is 0.471. The number of benzene rings is 1. The quantitative estimate of drug-likeness (QED) is 0.796. The lowest BCUT2D eigenvalue weighted by Gasteiger charge is -2.26. The molecule has 1 N–H and O–H groups in total. The number of methoxy groups -OCH3 is 1. The van der Waals surface area contributed by atoms with Gasteiger partial charge in [-0.1, -0.05) is 12.1 Å². The van der Waals surface area contributed by atoms with Crippen LogP contribution in [0.2, 0.25) is 0 Å². The Morgan fingerprint density at radius 1 is 1.26 bits per heavy atom. The Kier molecular flexibility index (Phi) is 4.32. The van der Waals surface area contributed by atoms with Crippen LogP contribution in [0.5, 0.6) is 5.75 Å². The minimum absolute atomic E-state index is 0.0573. The Hall–Kier alpha value is -2.37. The van der Waals surface area contributed by atoms with Crippen LogP contribution in [0.1, 0.15) is 31.2 Å². The number of carbonyl (C=O) groups is 3. The third kappa shape index (κ3) is 3.52. The minimum atomic E-state index is -0.627. The lowest BCUT2D eigenvalue weighted by molar-refractivity contribution is -0.139. The topological polar surface area (TPSA) is 75.7 Å². The summed E-state index contributed by atoms with van der Waals surface area (Å²) in [4.78, 5) is 37.5. The van der Waals surface area contributed by atoms with E-state index in [1.54, 1.807) is 12.0 Å². The van der Waals surface area contributed by atoms with E-state index in [1.165, 1.54) is 0 Å². The third-order valence-corrected chi connectivity index (χ3v) is 4.29. The first kappa shape index (κ1) is 15.5. The van der Waals surface area contributed by atoms with Crippen LogP contribution in [0.25, 0.3) is 0 Å². The molecule has 0 unspecified atom stereocenters. The molecule has 1 aromatic rings. The molecule has 122 valence electrons. The van der Waals surface area contributed by atoms with Crippen molar-refractivity contribution in [2.45, 2.75) is 44.2 Å². The molecule has 1 heterocycles. The molecule has 1 aromatic carbocycles. The van der Waals surface area contributed by atoms with Gasteiger partial charge >= 0.3 is 0 Å². The molecule has 0 spiro atoms.